The summed E-state index contributed by atoms with van der Waals surface area (Å²) in [7, 11) is 0. The molecule has 2 N–H and O–H groups in total. The Bertz CT molecular complexity index is 879. The van der Waals surface area contributed by atoms with Gasteiger partial charge in [-0.15, -0.1) is 0 Å². The smallest absolute Gasteiger partial charge is 0.243 e. The van der Waals surface area contributed by atoms with Crippen molar-refractivity contribution in [2.75, 3.05) is 17.2 Å². The zero-order valence-corrected chi connectivity index (χ0v) is 13.6. The summed E-state index contributed by atoms with van der Waals surface area (Å²) in [5, 5.41) is 14.7. The van der Waals surface area contributed by atoms with Crippen LogP contribution in [0.15, 0.2) is 78.9 Å². The average molecular weight is 327 g/mol. The maximum absolute atomic E-state index is 12.0. The number of carbonyl (C=O) groups excluding carboxylic acids is 1. The molecule has 3 aromatic rings. The van der Waals surface area contributed by atoms with Gasteiger partial charge in [0.1, 0.15) is 0 Å². The average Bonchev–Trinajstić information content (AvgIpc) is 2.68. The Morgan fingerprint density at radius 1 is 0.800 bits per heavy atom. The second-order valence-electron chi connectivity index (χ2n) is 5.53. The predicted octanol–water partition coefficient (Wildman–Crippen LogP) is 4.28. The second kappa shape index (κ2) is 7.80. The molecule has 4 nitrogen and oxygen atoms in total. The number of hydrogen-bond donors (Lipinski definition) is 2. The first-order chi connectivity index (χ1) is 12.2. The summed E-state index contributed by atoms with van der Waals surface area (Å²) in [6, 6.07) is 26.9. The van der Waals surface area contributed by atoms with Crippen molar-refractivity contribution in [3.8, 4) is 17.2 Å². The van der Waals surface area contributed by atoms with Gasteiger partial charge in [0, 0.05) is 11.4 Å². The van der Waals surface area contributed by atoms with Gasteiger partial charge in [-0.1, -0.05) is 42.5 Å². The number of anilines is 2. The van der Waals surface area contributed by atoms with Crippen LogP contribution in [0.4, 0.5) is 11.4 Å². The summed E-state index contributed by atoms with van der Waals surface area (Å²) in [5.41, 5.74) is 4.39. The molecule has 0 spiro atoms. The lowest BCUT2D eigenvalue weighted by atomic mass is 10.1. The van der Waals surface area contributed by atoms with E-state index in [1.165, 1.54) is 0 Å². The van der Waals surface area contributed by atoms with Crippen molar-refractivity contribution in [2.24, 2.45) is 0 Å². The normalized spacial score (nSPS) is 9.88. The first kappa shape index (κ1) is 16.3. The molecule has 0 aliphatic heterocycles. The van der Waals surface area contributed by atoms with Crippen LogP contribution in [-0.2, 0) is 4.79 Å². The number of nitrogens with one attached hydrogen (secondary N) is 2. The van der Waals surface area contributed by atoms with E-state index in [2.05, 4.69) is 28.8 Å². The van der Waals surface area contributed by atoms with E-state index in [4.69, 9.17) is 5.26 Å². The lowest BCUT2D eigenvalue weighted by molar-refractivity contribution is -0.114. The molecule has 0 saturated carbocycles. The summed E-state index contributed by atoms with van der Waals surface area (Å²) in [6.07, 6.45) is 0. The van der Waals surface area contributed by atoms with E-state index in [1.54, 1.807) is 24.3 Å². The monoisotopic (exact) mass is 327 g/mol. The molecule has 3 rings (SSSR count). The number of nitrogens with zero attached hydrogens (tertiary/aromatic N) is 1. The van der Waals surface area contributed by atoms with Crippen LogP contribution < -0.4 is 10.6 Å². The molecular formula is C21H17N3O. The Kier molecular flexibility index (Phi) is 5.08. The largest absolute Gasteiger partial charge is 0.376 e. The first-order valence-electron chi connectivity index (χ1n) is 7.94. The van der Waals surface area contributed by atoms with Gasteiger partial charge in [-0.3, -0.25) is 4.79 Å². The Morgan fingerprint density at radius 3 is 2.04 bits per heavy atom. The lowest BCUT2D eigenvalue weighted by Crippen LogP contribution is -2.21. The minimum absolute atomic E-state index is 0.128. The Balaban J connectivity index is 1.55. The van der Waals surface area contributed by atoms with Crippen LogP contribution in [0.3, 0.4) is 0 Å². The molecule has 0 aliphatic rings. The lowest BCUT2D eigenvalue weighted by Gasteiger charge is -2.09. The fourth-order valence-electron chi connectivity index (χ4n) is 2.43. The van der Waals surface area contributed by atoms with Crippen molar-refractivity contribution in [3.63, 3.8) is 0 Å². The molecule has 0 unspecified atom stereocenters. The fourth-order valence-corrected chi connectivity index (χ4v) is 2.43. The molecule has 0 aromatic heterocycles. The molecule has 3 aromatic carbocycles. The topological polar surface area (TPSA) is 64.9 Å². The van der Waals surface area contributed by atoms with Crippen LogP contribution in [0, 0.1) is 11.3 Å². The number of carbonyl (C=O) groups is 1. The van der Waals surface area contributed by atoms with Crippen molar-refractivity contribution in [2.45, 2.75) is 0 Å². The molecule has 122 valence electrons. The highest BCUT2D eigenvalue weighted by Crippen LogP contribution is 2.21. The summed E-state index contributed by atoms with van der Waals surface area (Å²) in [4.78, 5) is 12.0. The zero-order chi connectivity index (χ0) is 17.5. The van der Waals surface area contributed by atoms with E-state index in [-0.39, 0.29) is 12.5 Å². The maximum Gasteiger partial charge on any atom is 0.243 e. The van der Waals surface area contributed by atoms with Gasteiger partial charge in [0.2, 0.25) is 5.91 Å². The van der Waals surface area contributed by atoms with Crippen molar-refractivity contribution < 1.29 is 4.79 Å². The van der Waals surface area contributed by atoms with Gasteiger partial charge < -0.3 is 10.6 Å². The van der Waals surface area contributed by atoms with Gasteiger partial charge in [0.25, 0.3) is 0 Å². The van der Waals surface area contributed by atoms with Gasteiger partial charge in [0.05, 0.1) is 18.2 Å². The molecular weight excluding hydrogens is 310 g/mol. The Labute approximate surface area is 146 Å². The summed E-state index contributed by atoms with van der Waals surface area (Å²) in [6.45, 7) is 0.159. The minimum atomic E-state index is -0.128. The molecule has 25 heavy (non-hydrogen) atoms. The van der Waals surface area contributed by atoms with Crippen LogP contribution >= 0.6 is 0 Å². The molecule has 0 heterocycles. The highest BCUT2D eigenvalue weighted by molar-refractivity contribution is 5.94. The number of nitriles is 1. The number of rotatable bonds is 5. The van der Waals surface area contributed by atoms with Crippen LogP contribution in [0.2, 0.25) is 0 Å². The molecule has 1 amide bonds. The summed E-state index contributed by atoms with van der Waals surface area (Å²) >= 11 is 0. The van der Waals surface area contributed by atoms with Gasteiger partial charge in [-0.05, 0) is 47.5 Å². The van der Waals surface area contributed by atoms with E-state index in [0.29, 0.717) is 5.56 Å². The molecule has 0 saturated heterocycles. The predicted molar refractivity (Wildman–Crippen MR) is 100 cm³/mol. The standard InChI is InChI=1S/C21H17N3O/c22-14-16-6-10-19(11-7-16)23-15-21(25)24-20-12-8-18(9-13-20)17-4-2-1-3-5-17/h1-13,23H,15H2,(H,24,25). The fraction of sp³-hybridized carbons (Fsp3) is 0.0476. The van der Waals surface area contributed by atoms with Crippen molar-refractivity contribution in [1.82, 2.24) is 0 Å². The summed E-state index contributed by atoms with van der Waals surface area (Å²) in [5.74, 6) is -0.128. The van der Waals surface area contributed by atoms with E-state index >= 15 is 0 Å². The van der Waals surface area contributed by atoms with Crippen LogP contribution in [0.1, 0.15) is 5.56 Å². The van der Waals surface area contributed by atoms with E-state index in [9.17, 15) is 4.79 Å². The van der Waals surface area contributed by atoms with Crippen molar-refractivity contribution in [1.29, 1.82) is 5.26 Å². The SMILES string of the molecule is N#Cc1ccc(NCC(=O)Nc2ccc(-c3ccccc3)cc2)cc1. The maximum atomic E-state index is 12.0. The number of hydrogen-bond acceptors (Lipinski definition) is 3. The van der Waals surface area contributed by atoms with Crippen molar-refractivity contribution >= 4 is 17.3 Å². The quantitative estimate of drug-likeness (QED) is 0.735. The van der Waals surface area contributed by atoms with Gasteiger partial charge in [0.15, 0.2) is 0 Å². The van der Waals surface area contributed by atoms with Crippen LogP contribution in [-0.4, -0.2) is 12.5 Å². The van der Waals surface area contributed by atoms with Gasteiger partial charge in [-0.2, -0.15) is 5.26 Å². The van der Waals surface area contributed by atoms with Gasteiger partial charge in [-0.25, -0.2) is 0 Å². The second-order valence-corrected chi connectivity index (χ2v) is 5.53. The third-order valence-corrected chi connectivity index (χ3v) is 3.74. The molecule has 0 atom stereocenters. The first-order valence-corrected chi connectivity index (χ1v) is 7.94. The zero-order valence-electron chi connectivity index (χ0n) is 13.6. The Hall–Kier alpha value is -3.58. The third kappa shape index (κ3) is 4.46. The number of benzene rings is 3. The molecule has 0 radical (unpaired) electrons. The summed E-state index contributed by atoms with van der Waals surface area (Å²) < 4.78 is 0. The molecule has 0 fully saturated rings. The highest BCUT2D eigenvalue weighted by Gasteiger charge is 2.03. The van der Waals surface area contributed by atoms with Crippen LogP contribution in [0.5, 0.6) is 0 Å². The number of amides is 1. The minimum Gasteiger partial charge on any atom is -0.376 e. The van der Waals surface area contributed by atoms with Crippen molar-refractivity contribution in [3.05, 3.63) is 84.4 Å². The van der Waals surface area contributed by atoms with E-state index in [0.717, 1.165) is 22.5 Å². The third-order valence-electron chi connectivity index (χ3n) is 3.74. The van der Waals surface area contributed by atoms with Gasteiger partial charge >= 0.3 is 0 Å². The Morgan fingerprint density at radius 2 is 1.40 bits per heavy atom. The highest BCUT2D eigenvalue weighted by atomic mass is 16.1. The van der Waals surface area contributed by atoms with E-state index < -0.39 is 0 Å². The molecule has 4 heteroatoms. The van der Waals surface area contributed by atoms with Crippen LogP contribution in [0.25, 0.3) is 11.1 Å². The molecule has 0 bridgehead atoms. The molecule has 0 aliphatic carbocycles. The van der Waals surface area contributed by atoms with E-state index in [1.807, 2.05) is 42.5 Å².